The average Bonchev–Trinajstić information content (AvgIpc) is 2.92. The van der Waals surface area contributed by atoms with Gasteiger partial charge in [0.05, 0.1) is 6.54 Å². The lowest BCUT2D eigenvalue weighted by Crippen LogP contribution is -2.63. The summed E-state index contributed by atoms with van der Waals surface area (Å²) in [5, 5.41) is 5.15. The molecule has 20 heavy (non-hydrogen) atoms. The molecule has 1 N–H and O–H groups in total. The molecule has 0 amide bonds. The molecule has 4 heteroatoms. The monoisotopic (exact) mass is 293 g/mol. The molecule has 0 radical (unpaired) electrons. The van der Waals surface area contributed by atoms with E-state index in [2.05, 4.69) is 35.2 Å². The van der Waals surface area contributed by atoms with Gasteiger partial charge in [0.25, 0.3) is 0 Å². The Kier molecular flexibility index (Phi) is 4.43. The normalized spacial score (nSPS) is 27.0. The molecular weight excluding hydrogens is 266 g/mol. The molecule has 1 aliphatic carbocycles. The summed E-state index contributed by atoms with van der Waals surface area (Å²) >= 11 is 1.89. The number of hydrogen-bond donors (Lipinski definition) is 1. The zero-order valence-corrected chi connectivity index (χ0v) is 13.6. The number of thiazole rings is 1. The second-order valence-electron chi connectivity index (χ2n) is 6.55. The Morgan fingerprint density at radius 3 is 2.90 bits per heavy atom. The molecule has 1 unspecified atom stereocenters. The Labute approximate surface area is 126 Å². The van der Waals surface area contributed by atoms with E-state index >= 15 is 0 Å². The molecule has 2 fully saturated rings. The lowest BCUT2D eigenvalue weighted by molar-refractivity contribution is 0.0572. The van der Waals surface area contributed by atoms with Crippen LogP contribution >= 0.6 is 11.3 Å². The first-order valence-electron chi connectivity index (χ1n) is 8.13. The minimum atomic E-state index is 0.398. The highest BCUT2D eigenvalue weighted by Crippen LogP contribution is 2.32. The zero-order valence-electron chi connectivity index (χ0n) is 12.8. The van der Waals surface area contributed by atoms with E-state index < -0.39 is 0 Å². The topological polar surface area (TPSA) is 28.2 Å². The lowest BCUT2D eigenvalue weighted by atomic mass is 9.79. The summed E-state index contributed by atoms with van der Waals surface area (Å²) in [6, 6.07) is 0.622. The van der Waals surface area contributed by atoms with Crippen molar-refractivity contribution in [3.05, 3.63) is 16.1 Å². The summed E-state index contributed by atoms with van der Waals surface area (Å²) in [6.45, 7) is 7.93. The Bertz CT molecular complexity index is 437. The van der Waals surface area contributed by atoms with E-state index in [1.54, 1.807) is 0 Å². The zero-order chi connectivity index (χ0) is 14.0. The van der Waals surface area contributed by atoms with Crippen LogP contribution in [0.3, 0.4) is 0 Å². The van der Waals surface area contributed by atoms with Crippen molar-refractivity contribution in [1.29, 1.82) is 0 Å². The highest BCUT2D eigenvalue weighted by atomic mass is 32.1. The van der Waals surface area contributed by atoms with Gasteiger partial charge in [0, 0.05) is 35.7 Å². The second kappa shape index (κ2) is 6.12. The Balaban J connectivity index is 1.67. The number of aromatic nitrogens is 1. The van der Waals surface area contributed by atoms with Crippen LogP contribution in [-0.2, 0) is 13.0 Å². The third-order valence-corrected chi connectivity index (χ3v) is 6.13. The molecule has 1 aromatic heterocycles. The first-order valence-corrected chi connectivity index (χ1v) is 8.95. The summed E-state index contributed by atoms with van der Waals surface area (Å²) in [6.07, 6.45) is 10.1. The van der Waals surface area contributed by atoms with Crippen LogP contribution in [0.4, 0.5) is 0 Å². The van der Waals surface area contributed by atoms with Gasteiger partial charge in [-0.2, -0.15) is 0 Å². The van der Waals surface area contributed by atoms with Gasteiger partial charge in [0.2, 0.25) is 0 Å². The highest BCUT2D eigenvalue weighted by Gasteiger charge is 2.38. The fraction of sp³-hybridized carbons (Fsp3) is 0.812. The van der Waals surface area contributed by atoms with E-state index in [4.69, 9.17) is 0 Å². The van der Waals surface area contributed by atoms with Gasteiger partial charge >= 0.3 is 0 Å². The van der Waals surface area contributed by atoms with Gasteiger partial charge in [0.1, 0.15) is 5.01 Å². The van der Waals surface area contributed by atoms with E-state index in [1.165, 1.54) is 48.5 Å². The lowest BCUT2D eigenvalue weighted by Gasteiger charge is -2.48. The Hall–Kier alpha value is -0.450. The van der Waals surface area contributed by atoms with Crippen LogP contribution in [-0.4, -0.2) is 34.6 Å². The standard InChI is InChI=1S/C16H27N3S/c1-3-14-10-17-15(20-14)11-19-12-16(18-9-13(19)2)7-5-4-6-8-16/h10,13,18H,3-9,11-12H2,1-2H3. The van der Waals surface area contributed by atoms with E-state index in [0.29, 0.717) is 11.6 Å². The molecule has 2 aliphatic rings. The molecule has 3 rings (SSSR count). The summed E-state index contributed by atoms with van der Waals surface area (Å²) in [4.78, 5) is 8.67. The molecule has 1 aromatic rings. The first-order chi connectivity index (χ1) is 9.71. The van der Waals surface area contributed by atoms with E-state index in [1.807, 2.05) is 11.3 Å². The third kappa shape index (κ3) is 3.07. The molecule has 1 aliphatic heterocycles. The maximum absolute atomic E-state index is 4.61. The molecule has 0 bridgehead atoms. The third-order valence-electron chi connectivity index (χ3n) is 5.00. The number of piperazine rings is 1. The molecule has 1 saturated carbocycles. The summed E-state index contributed by atoms with van der Waals surface area (Å²) in [5.74, 6) is 0. The number of nitrogens with zero attached hydrogens (tertiary/aromatic N) is 2. The van der Waals surface area contributed by atoms with Gasteiger partial charge in [-0.15, -0.1) is 11.3 Å². The van der Waals surface area contributed by atoms with Gasteiger partial charge in [0.15, 0.2) is 0 Å². The first kappa shape index (κ1) is 14.5. The van der Waals surface area contributed by atoms with Gasteiger partial charge in [-0.3, -0.25) is 4.90 Å². The molecular formula is C16H27N3S. The molecule has 1 atom stereocenters. The minimum absolute atomic E-state index is 0.398. The number of rotatable bonds is 3. The van der Waals surface area contributed by atoms with Crippen LogP contribution in [0.25, 0.3) is 0 Å². The molecule has 0 aromatic carbocycles. The van der Waals surface area contributed by atoms with Gasteiger partial charge in [-0.25, -0.2) is 4.98 Å². The minimum Gasteiger partial charge on any atom is -0.308 e. The van der Waals surface area contributed by atoms with Crippen molar-refractivity contribution in [2.75, 3.05) is 13.1 Å². The number of nitrogens with one attached hydrogen (secondary N) is 1. The van der Waals surface area contributed by atoms with Crippen molar-refractivity contribution < 1.29 is 0 Å². The summed E-state index contributed by atoms with van der Waals surface area (Å²) in [7, 11) is 0. The predicted molar refractivity (Wildman–Crippen MR) is 85.2 cm³/mol. The maximum atomic E-state index is 4.61. The van der Waals surface area contributed by atoms with Crippen LogP contribution in [0.1, 0.15) is 55.8 Å². The molecule has 3 nitrogen and oxygen atoms in total. The summed E-state index contributed by atoms with van der Waals surface area (Å²) in [5.41, 5.74) is 0.398. The van der Waals surface area contributed by atoms with Crippen LogP contribution in [0, 0.1) is 0 Å². The molecule has 112 valence electrons. The van der Waals surface area contributed by atoms with E-state index in [-0.39, 0.29) is 0 Å². The highest BCUT2D eigenvalue weighted by molar-refractivity contribution is 7.11. The number of aryl methyl sites for hydroxylation is 1. The van der Waals surface area contributed by atoms with Crippen molar-refractivity contribution in [3.8, 4) is 0 Å². The van der Waals surface area contributed by atoms with Gasteiger partial charge in [-0.1, -0.05) is 26.2 Å². The maximum Gasteiger partial charge on any atom is 0.107 e. The van der Waals surface area contributed by atoms with Crippen LogP contribution in [0.5, 0.6) is 0 Å². The Morgan fingerprint density at radius 1 is 1.40 bits per heavy atom. The van der Waals surface area contributed by atoms with Crippen LogP contribution in [0.15, 0.2) is 6.20 Å². The van der Waals surface area contributed by atoms with Gasteiger partial charge in [-0.05, 0) is 26.2 Å². The molecule has 1 spiro atoms. The molecule has 1 saturated heterocycles. The van der Waals surface area contributed by atoms with E-state index in [9.17, 15) is 0 Å². The van der Waals surface area contributed by atoms with Crippen LogP contribution < -0.4 is 5.32 Å². The fourth-order valence-electron chi connectivity index (χ4n) is 3.63. The fourth-order valence-corrected chi connectivity index (χ4v) is 4.52. The quantitative estimate of drug-likeness (QED) is 0.927. The predicted octanol–water partition coefficient (Wildman–Crippen LogP) is 3.20. The molecule has 2 heterocycles. The van der Waals surface area contributed by atoms with Crippen molar-refractivity contribution in [2.45, 2.75) is 70.5 Å². The second-order valence-corrected chi connectivity index (χ2v) is 7.75. The largest absolute Gasteiger partial charge is 0.308 e. The van der Waals surface area contributed by atoms with Crippen molar-refractivity contribution >= 4 is 11.3 Å². The van der Waals surface area contributed by atoms with E-state index in [0.717, 1.165) is 19.5 Å². The number of hydrogen-bond acceptors (Lipinski definition) is 4. The van der Waals surface area contributed by atoms with Crippen molar-refractivity contribution in [1.82, 2.24) is 15.2 Å². The summed E-state index contributed by atoms with van der Waals surface area (Å²) < 4.78 is 0. The van der Waals surface area contributed by atoms with Crippen molar-refractivity contribution in [2.24, 2.45) is 0 Å². The Morgan fingerprint density at radius 2 is 2.20 bits per heavy atom. The smallest absolute Gasteiger partial charge is 0.107 e. The van der Waals surface area contributed by atoms with Crippen LogP contribution in [0.2, 0.25) is 0 Å². The SMILES string of the molecule is CCc1cnc(CN2CC3(CCCCC3)NCC2C)s1. The average molecular weight is 293 g/mol. The van der Waals surface area contributed by atoms with Crippen molar-refractivity contribution in [3.63, 3.8) is 0 Å². The van der Waals surface area contributed by atoms with Gasteiger partial charge < -0.3 is 5.32 Å².